The van der Waals surface area contributed by atoms with Crippen LogP contribution in [0.1, 0.15) is 23.0 Å². The van der Waals surface area contributed by atoms with Crippen LogP contribution < -0.4 is 0 Å². The van der Waals surface area contributed by atoms with Gasteiger partial charge in [0.15, 0.2) is 11.3 Å². The molecular formula is C22H18O3. The van der Waals surface area contributed by atoms with Crippen LogP contribution in [-0.4, -0.2) is 5.11 Å². The first-order chi connectivity index (χ1) is 12.3. The van der Waals surface area contributed by atoms with Gasteiger partial charge in [0.2, 0.25) is 0 Å². The van der Waals surface area contributed by atoms with E-state index in [0.717, 1.165) is 16.5 Å². The zero-order valence-electron chi connectivity index (χ0n) is 13.6. The Hall–Kier alpha value is -3.04. The Morgan fingerprint density at radius 3 is 2.04 bits per heavy atom. The number of furan rings is 1. The average molecular weight is 330 g/mol. The third-order valence-corrected chi connectivity index (χ3v) is 4.17. The molecule has 1 heterocycles. The molecule has 1 N–H and O–H groups in total. The average Bonchev–Trinajstić information content (AvgIpc) is 3.08. The Kier molecular flexibility index (Phi) is 4.23. The van der Waals surface area contributed by atoms with Crippen LogP contribution in [-0.2, 0) is 11.3 Å². The summed E-state index contributed by atoms with van der Waals surface area (Å²) in [6.07, 6.45) is -0.177. The quantitative estimate of drug-likeness (QED) is 0.529. The van der Waals surface area contributed by atoms with Crippen molar-refractivity contribution in [2.24, 2.45) is 0 Å². The number of para-hydroxylation sites is 1. The fourth-order valence-electron chi connectivity index (χ4n) is 2.98. The van der Waals surface area contributed by atoms with Gasteiger partial charge in [-0.05, 0) is 23.3 Å². The second kappa shape index (κ2) is 6.83. The molecule has 25 heavy (non-hydrogen) atoms. The molecular weight excluding hydrogens is 312 g/mol. The topological polar surface area (TPSA) is 42.6 Å². The minimum Gasteiger partial charge on any atom is -0.504 e. The molecule has 0 spiro atoms. The predicted octanol–water partition coefficient (Wildman–Crippen LogP) is 5.44. The number of phenolic OH excluding ortho intramolecular Hbond substituents is 1. The summed E-state index contributed by atoms with van der Waals surface area (Å²) in [5.74, 6) is 0.833. The number of hydrogen-bond acceptors (Lipinski definition) is 3. The van der Waals surface area contributed by atoms with Crippen LogP contribution in [0.3, 0.4) is 0 Å². The van der Waals surface area contributed by atoms with E-state index in [1.165, 1.54) is 0 Å². The van der Waals surface area contributed by atoms with Crippen LogP contribution in [0.5, 0.6) is 5.75 Å². The Labute approximate surface area is 146 Å². The lowest BCUT2D eigenvalue weighted by atomic mass is 10.0. The van der Waals surface area contributed by atoms with E-state index in [9.17, 15) is 5.11 Å². The van der Waals surface area contributed by atoms with Gasteiger partial charge in [-0.3, -0.25) is 0 Å². The van der Waals surface area contributed by atoms with Gasteiger partial charge >= 0.3 is 0 Å². The molecule has 4 aromatic rings. The zero-order chi connectivity index (χ0) is 17.1. The normalized spacial score (nSPS) is 11.2. The zero-order valence-corrected chi connectivity index (χ0v) is 13.6. The summed E-state index contributed by atoms with van der Waals surface area (Å²) in [6, 6.07) is 27.5. The predicted molar refractivity (Wildman–Crippen MR) is 97.4 cm³/mol. The molecule has 4 rings (SSSR count). The molecule has 0 atom stereocenters. The molecule has 0 aliphatic carbocycles. The third kappa shape index (κ3) is 3.28. The lowest BCUT2D eigenvalue weighted by Gasteiger charge is -2.18. The molecule has 0 radical (unpaired) electrons. The fourth-order valence-corrected chi connectivity index (χ4v) is 2.98. The van der Waals surface area contributed by atoms with Gasteiger partial charge in [0, 0.05) is 5.39 Å². The van der Waals surface area contributed by atoms with Gasteiger partial charge in [-0.25, -0.2) is 0 Å². The first-order valence-electron chi connectivity index (χ1n) is 8.23. The standard InChI is InChI=1S/C22H18O3/c23-20-13-7-12-18-14-19(25-22(18)20)15-24-21(16-8-3-1-4-9-16)17-10-5-2-6-11-17/h1-14,21,23H,15H2. The molecule has 124 valence electrons. The number of aromatic hydroxyl groups is 1. The number of rotatable bonds is 5. The van der Waals surface area contributed by atoms with Gasteiger partial charge in [0.05, 0.1) is 0 Å². The molecule has 0 fully saturated rings. The van der Waals surface area contributed by atoms with E-state index in [2.05, 4.69) is 24.3 Å². The van der Waals surface area contributed by atoms with E-state index >= 15 is 0 Å². The van der Waals surface area contributed by atoms with Crippen LogP contribution in [0.4, 0.5) is 0 Å². The number of phenols is 1. The summed E-state index contributed by atoms with van der Waals surface area (Å²) in [5, 5.41) is 10.8. The second-order valence-electron chi connectivity index (χ2n) is 5.92. The van der Waals surface area contributed by atoms with Gasteiger partial charge in [-0.2, -0.15) is 0 Å². The summed E-state index contributed by atoms with van der Waals surface area (Å²) in [5.41, 5.74) is 2.68. The van der Waals surface area contributed by atoms with E-state index in [-0.39, 0.29) is 11.9 Å². The van der Waals surface area contributed by atoms with Crippen molar-refractivity contribution in [1.29, 1.82) is 0 Å². The Morgan fingerprint density at radius 2 is 1.44 bits per heavy atom. The van der Waals surface area contributed by atoms with E-state index in [1.54, 1.807) is 12.1 Å². The van der Waals surface area contributed by atoms with Crippen molar-refractivity contribution >= 4 is 11.0 Å². The van der Waals surface area contributed by atoms with Crippen molar-refractivity contribution in [3.05, 3.63) is 102 Å². The minimum absolute atomic E-state index is 0.145. The first kappa shape index (κ1) is 15.5. The van der Waals surface area contributed by atoms with Crippen LogP contribution in [0.25, 0.3) is 11.0 Å². The number of hydrogen-bond donors (Lipinski definition) is 1. The smallest absolute Gasteiger partial charge is 0.175 e. The lowest BCUT2D eigenvalue weighted by Crippen LogP contribution is -2.06. The number of fused-ring (bicyclic) bond motifs is 1. The van der Waals surface area contributed by atoms with Crippen LogP contribution in [0.2, 0.25) is 0 Å². The van der Waals surface area contributed by atoms with Crippen molar-refractivity contribution < 1.29 is 14.3 Å². The molecule has 0 unspecified atom stereocenters. The first-order valence-corrected chi connectivity index (χ1v) is 8.23. The highest BCUT2D eigenvalue weighted by Gasteiger charge is 2.16. The molecule has 3 nitrogen and oxygen atoms in total. The highest BCUT2D eigenvalue weighted by atomic mass is 16.5. The summed E-state index contributed by atoms with van der Waals surface area (Å²) in [7, 11) is 0. The van der Waals surface area contributed by atoms with Crippen molar-refractivity contribution in [1.82, 2.24) is 0 Å². The lowest BCUT2D eigenvalue weighted by molar-refractivity contribution is 0.0562. The van der Waals surface area contributed by atoms with E-state index in [1.807, 2.05) is 48.5 Å². The second-order valence-corrected chi connectivity index (χ2v) is 5.92. The van der Waals surface area contributed by atoms with E-state index in [4.69, 9.17) is 9.15 Å². The van der Waals surface area contributed by atoms with Crippen molar-refractivity contribution in [2.45, 2.75) is 12.7 Å². The Bertz CT molecular complexity index is 919. The van der Waals surface area contributed by atoms with Gasteiger partial charge < -0.3 is 14.3 Å². The number of benzene rings is 3. The van der Waals surface area contributed by atoms with Gasteiger partial charge in [-0.1, -0.05) is 72.8 Å². The summed E-state index contributed by atoms with van der Waals surface area (Å²) in [4.78, 5) is 0. The van der Waals surface area contributed by atoms with Crippen LogP contribution in [0, 0.1) is 0 Å². The van der Waals surface area contributed by atoms with Crippen LogP contribution in [0.15, 0.2) is 89.3 Å². The maximum Gasteiger partial charge on any atom is 0.175 e. The molecule has 3 heteroatoms. The monoisotopic (exact) mass is 330 g/mol. The highest BCUT2D eigenvalue weighted by molar-refractivity contribution is 5.83. The molecule has 0 saturated carbocycles. The minimum atomic E-state index is -0.177. The Balaban J connectivity index is 1.61. The molecule has 0 amide bonds. The van der Waals surface area contributed by atoms with Crippen molar-refractivity contribution in [3.8, 4) is 5.75 Å². The van der Waals surface area contributed by atoms with Gasteiger partial charge in [-0.15, -0.1) is 0 Å². The largest absolute Gasteiger partial charge is 0.504 e. The van der Waals surface area contributed by atoms with Gasteiger partial charge in [0.25, 0.3) is 0 Å². The fraction of sp³-hybridized carbons (Fsp3) is 0.0909. The highest BCUT2D eigenvalue weighted by Crippen LogP contribution is 2.30. The van der Waals surface area contributed by atoms with Gasteiger partial charge in [0.1, 0.15) is 18.5 Å². The molecule has 0 aliphatic heterocycles. The molecule has 1 aromatic heterocycles. The maximum absolute atomic E-state index is 9.88. The summed E-state index contributed by atoms with van der Waals surface area (Å²) >= 11 is 0. The van der Waals surface area contributed by atoms with E-state index in [0.29, 0.717) is 18.0 Å². The Morgan fingerprint density at radius 1 is 0.800 bits per heavy atom. The van der Waals surface area contributed by atoms with Crippen molar-refractivity contribution in [2.75, 3.05) is 0 Å². The maximum atomic E-state index is 9.88. The molecule has 3 aromatic carbocycles. The summed E-state index contributed by atoms with van der Waals surface area (Å²) < 4.78 is 11.9. The number of ether oxygens (including phenoxy) is 1. The molecule has 0 bridgehead atoms. The SMILES string of the molecule is Oc1cccc2cc(COC(c3ccccc3)c3ccccc3)oc12. The van der Waals surface area contributed by atoms with Crippen molar-refractivity contribution in [3.63, 3.8) is 0 Å². The third-order valence-electron chi connectivity index (χ3n) is 4.17. The molecule has 0 saturated heterocycles. The molecule has 0 aliphatic rings. The van der Waals surface area contributed by atoms with E-state index < -0.39 is 0 Å². The van der Waals surface area contributed by atoms with Crippen LogP contribution >= 0.6 is 0 Å². The summed E-state index contributed by atoms with van der Waals surface area (Å²) in [6.45, 7) is 0.322.